The predicted molar refractivity (Wildman–Crippen MR) is 114 cm³/mol. The lowest BCUT2D eigenvalue weighted by Crippen LogP contribution is -2.48. The average molecular weight is 458 g/mol. The number of amides is 3. The first-order valence-corrected chi connectivity index (χ1v) is 10.4. The SMILES string of the molecule is CCN(CC(=O)NNC(=O)Cc1nc(C)cs1)CC(=O)Nc1c(Cl)cccc1Cl. The zero-order chi connectivity index (χ0) is 21.4. The lowest BCUT2D eigenvalue weighted by Gasteiger charge is -2.20. The maximum atomic E-state index is 12.3. The smallest absolute Gasteiger partial charge is 0.252 e. The number of carbonyl (C=O) groups excluding carboxylic acids is 3. The van der Waals surface area contributed by atoms with Crippen molar-refractivity contribution in [2.75, 3.05) is 25.0 Å². The van der Waals surface area contributed by atoms with E-state index in [2.05, 4.69) is 21.2 Å². The van der Waals surface area contributed by atoms with Gasteiger partial charge in [-0.15, -0.1) is 11.3 Å². The molecule has 0 aliphatic carbocycles. The Labute approximate surface area is 182 Å². The van der Waals surface area contributed by atoms with Crippen molar-refractivity contribution in [3.8, 4) is 0 Å². The summed E-state index contributed by atoms with van der Waals surface area (Å²) in [4.78, 5) is 42.0. The van der Waals surface area contributed by atoms with E-state index in [0.29, 0.717) is 27.3 Å². The molecule has 0 atom stereocenters. The van der Waals surface area contributed by atoms with Crippen LogP contribution in [0.1, 0.15) is 17.6 Å². The van der Waals surface area contributed by atoms with Gasteiger partial charge in [0.2, 0.25) is 11.8 Å². The van der Waals surface area contributed by atoms with Crippen LogP contribution < -0.4 is 16.2 Å². The molecule has 0 aliphatic rings. The number of rotatable bonds is 8. The van der Waals surface area contributed by atoms with Gasteiger partial charge in [0.25, 0.3) is 5.91 Å². The average Bonchev–Trinajstić information content (AvgIpc) is 3.07. The fourth-order valence-electron chi connectivity index (χ4n) is 2.33. The van der Waals surface area contributed by atoms with Gasteiger partial charge in [0.15, 0.2) is 0 Å². The van der Waals surface area contributed by atoms with Gasteiger partial charge in [0, 0.05) is 11.1 Å². The van der Waals surface area contributed by atoms with Crippen LogP contribution in [0.25, 0.3) is 0 Å². The summed E-state index contributed by atoms with van der Waals surface area (Å²) in [6, 6.07) is 4.90. The van der Waals surface area contributed by atoms with Crippen molar-refractivity contribution in [3.63, 3.8) is 0 Å². The van der Waals surface area contributed by atoms with Crippen molar-refractivity contribution in [2.24, 2.45) is 0 Å². The third-order valence-corrected chi connectivity index (χ3v) is 5.33. The minimum Gasteiger partial charge on any atom is -0.322 e. The van der Waals surface area contributed by atoms with Gasteiger partial charge in [0.1, 0.15) is 5.01 Å². The van der Waals surface area contributed by atoms with Gasteiger partial charge >= 0.3 is 0 Å². The zero-order valence-corrected chi connectivity index (χ0v) is 18.2. The molecule has 1 heterocycles. The van der Waals surface area contributed by atoms with Gasteiger partial charge < -0.3 is 5.32 Å². The maximum absolute atomic E-state index is 12.3. The molecule has 0 unspecified atom stereocenters. The summed E-state index contributed by atoms with van der Waals surface area (Å²) in [5.41, 5.74) is 5.85. The number of anilines is 1. The molecule has 0 saturated heterocycles. The Kier molecular flexibility index (Phi) is 8.84. The number of nitrogens with one attached hydrogen (secondary N) is 3. The molecule has 8 nitrogen and oxygen atoms in total. The van der Waals surface area contributed by atoms with Crippen LogP contribution in [0.4, 0.5) is 5.69 Å². The van der Waals surface area contributed by atoms with Gasteiger partial charge in [-0.3, -0.25) is 30.1 Å². The summed E-state index contributed by atoms with van der Waals surface area (Å²) >= 11 is 13.5. The molecule has 2 rings (SSSR count). The zero-order valence-electron chi connectivity index (χ0n) is 15.9. The highest BCUT2D eigenvalue weighted by Crippen LogP contribution is 2.29. The van der Waals surface area contributed by atoms with Gasteiger partial charge in [-0.1, -0.05) is 36.2 Å². The molecule has 0 spiro atoms. The first kappa shape index (κ1) is 23.1. The molecule has 11 heteroatoms. The number of likely N-dealkylation sites (N-methyl/N-ethyl adjacent to an activating group) is 1. The van der Waals surface area contributed by atoms with Crippen molar-refractivity contribution in [3.05, 3.63) is 44.3 Å². The number of thiazole rings is 1. The standard InChI is InChI=1S/C18H21Cl2N5O3S/c1-3-25(8-15(27)22-18-12(19)5-4-6-13(18)20)9-16(28)24-23-14(26)7-17-21-11(2)10-29-17/h4-6,10H,3,7-9H2,1-2H3,(H,22,27)(H,23,26)(H,24,28). The van der Waals surface area contributed by atoms with E-state index < -0.39 is 5.91 Å². The highest BCUT2D eigenvalue weighted by molar-refractivity contribution is 7.09. The Morgan fingerprint density at radius 3 is 2.28 bits per heavy atom. The van der Waals surface area contributed by atoms with E-state index in [1.54, 1.807) is 23.1 Å². The van der Waals surface area contributed by atoms with E-state index in [4.69, 9.17) is 23.2 Å². The molecule has 2 aromatic rings. The highest BCUT2D eigenvalue weighted by atomic mass is 35.5. The van der Waals surface area contributed by atoms with E-state index in [1.807, 2.05) is 19.2 Å². The number of hydrazine groups is 1. The lowest BCUT2D eigenvalue weighted by atomic mass is 10.3. The molecule has 0 radical (unpaired) electrons. The number of para-hydroxylation sites is 1. The fourth-order valence-corrected chi connectivity index (χ4v) is 3.59. The summed E-state index contributed by atoms with van der Waals surface area (Å²) < 4.78 is 0. The van der Waals surface area contributed by atoms with Crippen LogP contribution in [-0.2, 0) is 20.8 Å². The molecule has 156 valence electrons. The largest absolute Gasteiger partial charge is 0.322 e. The number of halogens is 2. The molecule has 3 N–H and O–H groups in total. The van der Waals surface area contributed by atoms with Crippen LogP contribution in [0.2, 0.25) is 10.0 Å². The molecular weight excluding hydrogens is 437 g/mol. The van der Waals surface area contributed by atoms with E-state index in [1.165, 1.54) is 11.3 Å². The quantitative estimate of drug-likeness (QED) is 0.528. The molecule has 0 bridgehead atoms. The third-order valence-electron chi connectivity index (χ3n) is 3.73. The summed E-state index contributed by atoms with van der Waals surface area (Å²) in [6.45, 7) is 3.99. The Morgan fingerprint density at radius 2 is 1.69 bits per heavy atom. The Bertz CT molecular complexity index is 870. The summed E-state index contributed by atoms with van der Waals surface area (Å²) in [5, 5.41) is 5.81. The monoisotopic (exact) mass is 457 g/mol. The lowest BCUT2D eigenvalue weighted by molar-refractivity contribution is -0.129. The normalized spacial score (nSPS) is 10.7. The molecule has 1 aromatic heterocycles. The van der Waals surface area contributed by atoms with E-state index >= 15 is 0 Å². The van der Waals surface area contributed by atoms with E-state index in [9.17, 15) is 14.4 Å². The molecule has 0 fully saturated rings. The van der Waals surface area contributed by atoms with Crippen LogP contribution >= 0.6 is 34.5 Å². The molecular formula is C18H21Cl2N5O3S. The Morgan fingerprint density at radius 1 is 1.07 bits per heavy atom. The molecule has 1 aromatic carbocycles. The topological polar surface area (TPSA) is 103 Å². The number of aryl methyl sites for hydroxylation is 1. The fraction of sp³-hybridized carbons (Fsp3) is 0.333. The van der Waals surface area contributed by atoms with Crippen LogP contribution in [-0.4, -0.2) is 47.2 Å². The Balaban J connectivity index is 1.78. The van der Waals surface area contributed by atoms with Crippen LogP contribution in [0.15, 0.2) is 23.6 Å². The van der Waals surface area contributed by atoms with Crippen LogP contribution in [0, 0.1) is 6.92 Å². The van der Waals surface area contributed by atoms with Gasteiger partial charge in [-0.05, 0) is 25.6 Å². The molecule has 29 heavy (non-hydrogen) atoms. The molecule has 0 saturated carbocycles. The molecule has 0 aliphatic heterocycles. The van der Waals surface area contributed by atoms with E-state index in [0.717, 1.165) is 5.69 Å². The van der Waals surface area contributed by atoms with Gasteiger partial charge in [0.05, 0.1) is 35.2 Å². The minimum absolute atomic E-state index is 0.0438. The summed E-state index contributed by atoms with van der Waals surface area (Å²) in [6.07, 6.45) is 0.0806. The highest BCUT2D eigenvalue weighted by Gasteiger charge is 2.16. The van der Waals surface area contributed by atoms with Crippen molar-refractivity contribution < 1.29 is 14.4 Å². The number of benzene rings is 1. The van der Waals surface area contributed by atoms with Gasteiger partial charge in [-0.25, -0.2) is 4.98 Å². The van der Waals surface area contributed by atoms with Crippen molar-refractivity contribution in [1.29, 1.82) is 0 Å². The number of hydrogen-bond donors (Lipinski definition) is 3. The second kappa shape index (κ2) is 11.1. The number of nitrogens with zero attached hydrogens (tertiary/aromatic N) is 2. The number of carbonyl (C=O) groups is 3. The first-order chi connectivity index (χ1) is 13.8. The van der Waals surface area contributed by atoms with Crippen molar-refractivity contribution in [2.45, 2.75) is 20.3 Å². The van der Waals surface area contributed by atoms with Crippen molar-refractivity contribution in [1.82, 2.24) is 20.7 Å². The third kappa shape index (κ3) is 7.62. The van der Waals surface area contributed by atoms with Crippen LogP contribution in [0.3, 0.4) is 0 Å². The second-order valence-electron chi connectivity index (χ2n) is 6.10. The predicted octanol–water partition coefficient (Wildman–Crippen LogP) is 2.41. The maximum Gasteiger partial charge on any atom is 0.252 e. The summed E-state index contributed by atoms with van der Waals surface area (Å²) in [5.74, 6) is -1.18. The second-order valence-corrected chi connectivity index (χ2v) is 7.86. The van der Waals surface area contributed by atoms with E-state index in [-0.39, 0.29) is 31.3 Å². The number of aromatic nitrogens is 1. The van der Waals surface area contributed by atoms with Gasteiger partial charge in [-0.2, -0.15) is 0 Å². The van der Waals surface area contributed by atoms with Crippen molar-refractivity contribution >= 4 is 57.9 Å². The summed E-state index contributed by atoms with van der Waals surface area (Å²) in [7, 11) is 0. The number of hydrogen-bond acceptors (Lipinski definition) is 6. The van der Waals surface area contributed by atoms with Crippen LogP contribution in [0.5, 0.6) is 0 Å². The molecule has 3 amide bonds. The first-order valence-electron chi connectivity index (χ1n) is 8.73. The Hall–Kier alpha value is -2.20. The minimum atomic E-state index is -0.445.